The topological polar surface area (TPSA) is 0 Å². The summed E-state index contributed by atoms with van der Waals surface area (Å²) in [5.74, 6) is 0.685. The Morgan fingerprint density at radius 2 is 2.00 bits per heavy atom. The van der Waals surface area contributed by atoms with Crippen molar-refractivity contribution in [1.29, 1.82) is 0 Å². The number of halogens is 1. The van der Waals surface area contributed by atoms with Crippen molar-refractivity contribution in [3.05, 3.63) is 64.2 Å². The molecule has 0 bridgehead atoms. The molecule has 0 fully saturated rings. The van der Waals surface area contributed by atoms with Gasteiger partial charge in [-0.05, 0) is 53.3 Å². The van der Waals surface area contributed by atoms with E-state index < -0.39 is 0 Å². The van der Waals surface area contributed by atoms with Gasteiger partial charge in [-0.2, -0.15) is 0 Å². The molecule has 0 aromatic heterocycles. The number of allylic oxidation sites excluding steroid dienone is 4. The van der Waals surface area contributed by atoms with Crippen molar-refractivity contribution >= 4 is 27.9 Å². The summed E-state index contributed by atoms with van der Waals surface area (Å²) in [6.45, 7) is 2.35. The fourth-order valence-electron chi connectivity index (χ4n) is 3.73. The van der Waals surface area contributed by atoms with Crippen LogP contribution >= 0.6 is 11.6 Å². The lowest BCUT2D eigenvalue weighted by Crippen LogP contribution is -2.12. The lowest BCUT2D eigenvalue weighted by Gasteiger charge is -2.29. The van der Waals surface area contributed by atoms with E-state index in [1.54, 1.807) is 5.57 Å². The molecule has 2 aromatic rings. The predicted octanol–water partition coefficient (Wildman–Crippen LogP) is 5.79. The standard InChI is InChI=1S/C19H17Cl/c1-12-4-2-6-15-14(12)10-11-17-16(15)9-8-13-5-3-7-18(20)19(13)17/h2-3,5-9,12H,4,10-11H2,1H3. The third kappa shape index (κ3) is 1.68. The molecule has 0 amide bonds. The van der Waals surface area contributed by atoms with Gasteiger partial charge in [0.2, 0.25) is 0 Å². The summed E-state index contributed by atoms with van der Waals surface area (Å²) in [5, 5.41) is 3.40. The normalized spacial score (nSPS) is 21.0. The van der Waals surface area contributed by atoms with Gasteiger partial charge >= 0.3 is 0 Å². The third-order valence-electron chi connectivity index (χ3n) is 4.75. The first-order chi connectivity index (χ1) is 9.75. The van der Waals surface area contributed by atoms with Crippen LogP contribution in [0.5, 0.6) is 0 Å². The van der Waals surface area contributed by atoms with Crippen molar-refractivity contribution in [3.8, 4) is 0 Å². The zero-order valence-electron chi connectivity index (χ0n) is 11.6. The highest BCUT2D eigenvalue weighted by Gasteiger charge is 2.24. The second-order valence-corrected chi connectivity index (χ2v) is 6.31. The van der Waals surface area contributed by atoms with Gasteiger partial charge in [-0.3, -0.25) is 0 Å². The Balaban J connectivity index is 2.04. The second kappa shape index (κ2) is 4.49. The molecule has 0 N–H and O–H groups in total. The van der Waals surface area contributed by atoms with E-state index in [9.17, 15) is 0 Å². The van der Waals surface area contributed by atoms with Gasteiger partial charge in [-0.25, -0.2) is 0 Å². The molecular weight excluding hydrogens is 264 g/mol. The Bertz CT molecular complexity index is 765. The van der Waals surface area contributed by atoms with Crippen molar-refractivity contribution in [2.24, 2.45) is 5.92 Å². The lowest BCUT2D eigenvalue weighted by molar-refractivity contribution is 0.645. The minimum atomic E-state index is 0.685. The molecule has 1 unspecified atom stereocenters. The summed E-state index contributed by atoms with van der Waals surface area (Å²) in [4.78, 5) is 0. The van der Waals surface area contributed by atoms with Gasteiger partial charge in [0.15, 0.2) is 0 Å². The van der Waals surface area contributed by atoms with Crippen LogP contribution in [-0.2, 0) is 6.42 Å². The summed E-state index contributed by atoms with van der Waals surface area (Å²) >= 11 is 6.46. The zero-order chi connectivity index (χ0) is 13.7. The van der Waals surface area contributed by atoms with Crippen LogP contribution in [0.15, 0.2) is 48.1 Å². The SMILES string of the molecule is CC1CC=CC2=C1CCc1c2ccc2cccc(Cl)c12. The Morgan fingerprint density at radius 3 is 2.90 bits per heavy atom. The van der Waals surface area contributed by atoms with Crippen LogP contribution in [0.2, 0.25) is 5.02 Å². The summed E-state index contributed by atoms with van der Waals surface area (Å²) in [7, 11) is 0. The van der Waals surface area contributed by atoms with E-state index in [0.29, 0.717) is 5.92 Å². The quantitative estimate of drug-likeness (QED) is 0.573. The van der Waals surface area contributed by atoms with Gasteiger partial charge in [-0.1, -0.05) is 60.5 Å². The first kappa shape index (κ1) is 12.2. The number of hydrogen-bond donors (Lipinski definition) is 0. The van der Waals surface area contributed by atoms with Crippen LogP contribution in [0, 0.1) is 5.92 Å². The number of benzene rings is 2. The van der Waals surface area contributed by atoms with Gasteiger partial charge < -0.3 is 0 Å². The maximum atomic E-state index is 6.46. The molecule has 0 aliphatic heterocycles. The van der Waals surface area contributed by atoms with E-state index in [2.05, 4.69) is 37.3 Å². The van der Waals surface area contributed by atoms with Crippen molar-refractivity contribution in [1.82, 2.24) is 0 Å². The first-order valence-electron chi connectivity index (χ1n) is 7.36. The molecule has 1 heteroatoms. The zero-order valence-corrected chi connectivity index (χ0v) is 12.4. The first-order valence-corrected chi connectivity index (χ1v) is 7.73. The van der Waals surface area contributed by atoms with E-state index in [0.717, 1.165) is 11.4 Å². The van der Waals surface area contributed by atoms with Gasteiger partial charge in [0.05, 0.1) is 0 Å². The number of aryl methyl sites for hydroxylation is 1. The van der Waals surface area contributed by atoms with E-state index >= 15 is 0 Å². The highest BCUT2D eigenvalue weighted by atomic mass is 35.5. The average Bonchev–Trinajstić information content (AvgIpc) is 2.47. The smallest absolute Gasteiger partial charge is 0.0487 e. The lowest BCUT2D eigenvalue weighted by atomic mass is 9.76. The maximum Gasteiger partial charge on any atom is 0.0487 e. The van der Waals surface area contributed by atoms with Crippen LogP contribution in [0.4, 0.5) is 0 Å². The van der Waals surface area contributed by atoms with Gasteiger partial charge in [-0.15, -0.1) is 0 Å². The molecule has 0 saturated carbocycles. The Kier molecular flexibility index (Phi) is 2.75. The molecule has 0 radical (unpaired) electrons. The Labute approximate surface area is 124 Å². The van der Waals surface area contributed by atoms with E-state index in [-0.39, 0.29) is 0 Å². The molecule has 0 nitrogen and oxygen atoms in total. The van der Waals surface area contributed by atoms with Crippen LogP contribution in [0.1, 0.15) is 30.9 Å². The fourth-order valence-corrected chi connectivity index (χ4v) is 4.02. The number of hydrogen-bond acceptors (Lipinski definition) is 0. The monoisotopic (exact) mass is 280 g/mol. The number of fused-ring (bicyclic) bond motifs is 4. The summed E-state index contributed by atoms with van der Waals surface area (Å²) in [5.41, 5.74) is 5.92. The maximum absolute atomic E-state index is 6.46. The van der Waals surface area contributed by atoms with Crippen molar-refractivity contribution in [2.75, 3.05) is 0 Å². The van der Waals surface area contributed by atoms with E-state index in [4.69, 9.17) is 11.6 Å². The second-order valence-electron chi connectivity index (χ2n) is 5.91. The molecule has 0 heterocycles. The van der Waals surface area contributed by atoms with Crippen LogP contribution in [0.25, 0.3) is 16.3 Å². The van der Waals surface area contributed by atoms with Crippen LogP contribution in [0.3, 0.4) is 0 Å². The largest absolute Gasteiger partial charge is 0.0837 e. The van der Waals surface area contributed by atoms with Crippen molar-refractivity contribution in [3.63, 3.8) is 0 Å². The molecule has 20 heavy (non-hydrogen) atoms. The molecular formula is C19H17Cl. The third-order valence-corrected chi connectivity index (χ3v) is 5.07. The Hall–Kier alpha value is -1.53. The molecule has 2 aliphatic carbocycles. The fraction of sp³-hybridized carbons (Fsp3) is 0.263. The average molecular weight is 281 g/mol. The summed E-state index contributed by atoms with van der Waals surface area (Å²) < 4.78 is 0. The predicted molar refractivity (Wildman–Crippen MR) is 87.1 cm³/mol. The highest BCUT2D eigenvalue weighted by molar-refractivity contribution is 6.36. The number of rotatable bonds is 0. The van der Waals surface area contributed by atoms with E-state index in [1.807, 2.05) is 12.1 Å². The molecule has 1 atom stereocenters. The van der Waals surface area contributed by atoms with Gasteiger partial charge in [0.25, 0.3) is 0 Å². The Morgan fingerprint density at radius 1 is 1.10 bits per heavy atom. The molecule has 0 saturated heterocycles. The molecule has 100 valence electrons. The minimum absolute atomic E-state index is 0.685. The van der Waals surface area contributed by atoms with Crippen LogP contribution < -0.4 is 0 Å². The van der Waals surface area contributed by atoms with Gasteiger partial charge in [0.1, 0.15) is 0 Å². The van der Waals surface area contributed by atoms with Gasteiger partial charge in [0, 0.05) is 10.4 Å². The molecule has 2 aromatic carbocycles. The molecule has 0 spiro atoms. The summed E-state index contributed by atoms with van der Waals surface area (Å²) in [6, 6.07) is 10.7. The van der Waals surface area contributed by atoms with Crippen LogP contribution in [-0.4, -0.2) is 0 Å². The summed E-state index contributed by atoms with van der Waals surface area (Å²) in [6.07, 6.45) is 8.11. The van der Waals surface area contributed by atoms with Crippen molar-refractivity contribution < 1.29 is 0 Å². The van der Waals surface area contributed by atoms with Crippen molar-refractivity contribution in [2.45, 2.75) is 26.2 Å². The molecule has 4 rings (SSSR count). The van der Waals surface area contributed by atoms with E-state index in [1.165, 1.54) is 40.3 Å². The molecule has 2 aliphatic rings. The minimum Gasteiger partial charge on any atom is -0.0837 e. The highest BCUT2D eigenvalue weighted by Crippen LogP contribution is 2.43.